The number of pyridine rings is 1. The maximum atomic E-state index is 12.7. The highest BCUT2D eigenvalue weighted by Gasteiger charge is 2.56. The van der Waals surface area contributed by atoms with Gasteiger partial charge in [-0.15, -0.1) is 0 Å². The van der Waals surface area contributed by atoms with Crippen LogP contribution in [0.25, 0.3) is 0 Å². The van der Waals surface area contributed by atoms with Crippen molar-refractivity contribution < 1.29 is 31.2 Å². The van der Waals surface area contributed by atoms with Crippen LogP contribution in [0.1, 0.15) is 37.8 Å². The molecule has 0 atom stereocenters. The van der Waals surface area contributed by atoms with Crippen LogP contribution < -0.4 is 5.32 Å². The van der Waals surface area contributed by atoms with E-state index >= 15 is 0 Å². The van der Waals surface area contributed by atoms with Gasteiger partial charge >= 0.3 is 11.5 Å². The van der Waals surface area contributed by atoms with E-state index in [0.717, 1.165) is 37.9 Å². The fraction of sp³-hybridized carbons (Fsp3) is 0.667. The van der Waals surface area contributed by atoms with Crippen LogP contribution in [0.3, 0.4) is 0 Å². The van der Waals surface area contributed by atoms with E-state index in [1.807, 2.05) is 4.90 Å². The molecule has 1 aromatic rings. The van der Waals surface area contributed by atoms with E-state index < -0.39 is 20.2 Å². The number of likely N-dealkylation sites (tertiary alicyclic amines) is 2. The predicted octanol–water partition coefficient (Wildman–Crippen LogP) is 2.10. The van der Waals surface area contributed by atoms with Crippen molar-refractivity contribution in [2.24, 2.45) is 11.3 Å². The SMILES string of the molecule is O=C1CCCC2(CN(C(=O)N3CC4(CC(Cc5ccc(S(=O)(=O)C(F)(F)F)cn5)C4)C3)C2)N1. The summed E-state index contributed by atoms with van der Waals surface area (Å²) in [4.78, 5) is 31.0. The molecule has 8 nitrogen and oxygen atoms in total. The molecule has 3 saturated heterocycles. The molecule has 1 saturated carbocycles. The molecule has 4 aliphatic rings. The summed E-state index contributed by atoms with van der Waals surface area (Å²) in [5, 5.41) is 3.03. The number of piperidine rings is 1. The van der Waals surface area contributed by atoms with Crippen molar-refractivity contribution in [3.63, 3.8) is 0 Å². The Balaban J connectivity index is 1.07. The zero-order valence-electron chi connectivity index (χ0n) is 17.9. The minimum Gasteiger partial charge on any atom is -0.347 e. The lowest BCUT2D eigenvalue weighted by Crippen LogP contribution is -2.75. The van der Waals surface area contributed by atoms with Crippen molar-refractivity contribution in [2.75, 3.05) is 26.2 Å². The second-order valence-electron chi connectivity index (χ2n) is 10.1. The first-order valence-corrected chi connectivity index (χ1v) is 12.5. The summed E-state index contributed by atoms with van der Waals surface area (Å²) in [7, 11) is -5.38. The molecule has 4 fully saturated rings. The van der Waals surface area contributed by atoms with Crippen molar-refractivity contribution in [2.45, 2.75) is 54.5 Å². The van der Waals surface area contributed by atoms with E-state index in [4.69, 9.17) is 0 Å². The average Bonchev–Trinajstić information content (AvgIpc) is 2.66. The lowest BCUT2D eigenvalue weighted by atomic mass is 9.57. The van der Waals surface area contributed by atoms with Gasteiger partial charge in [0.1, 0.15) is 0 Å². The Morgan fingerprint density at radius 2 is 1.82 bits per heavy atom. The molecule has 1 aliphatic carbocycles. The van der Waals surface area contributed by atoms with Gasteiger partial charge in [-0.25, -0.2) is 13.2 Å². The summed E-state index contributed by atoms with van der Waals surface area (Å²) in [5.41, 5.74) is -4.92. The van der Waals surface area contributed by atoms with Crippen LogP contribution in [-0.2, 0) is 21.1 Å². The monoisotopic (exact) mass is 486 g/mol. The normalized spacial score (nSPS) is 24.2. The highest BCUT2D eigenvalue weighted by molar-refractivity contribution is 7.92. The Labute approximate surface area is 189 Å². The van der Waals surface area contributed by atoms with Crippen molar-refractivity contribution in [1.82, 2.24) is 20.1 Å². The number of nitrogens with one attached hydrogen (secondary N) is 1. The van der Waals surface area contributed by atoms with E-state index in [2.05, 4.69) is 10.3 Å². The lowest BCUT2D eigenvalue weighted by molar-refractivity contribution is -0.128. The van der Waals surface area contributed by atoms with Gasteiger partial charge in [0, 0.05) is 49.9 Å². The molecule has 0 radical (unpaired) electrons. The summed E-state index contributed by atoms with van der Waals surface area (Å²) in [5.74, 6) is 0.368. The molecule has 5 rings (SSSR count). The fourth-order valence-corrected chi connectivity index (χ4v) is 6.56. The Morgan fingerprint density at radius 3 is 2.39 bits per heavy atom. The van der Waals surface area contributed by atoms with Gasteiger partial charge in [-0.3, -0.25) is 9.78 Å². The van der Waals surface area contributed by atoms with Crippen molar-refractivity contribution in [1.29, 1.82) is 0 Å². The number of sulfone groups is 1. The third kappa shape index (κ3) is 3.85. The molecular weight excluding hydrogens is 461 g/mol. The maximum absolute atomic E-state index is 12.7. The van der Waals surface area contributed by atoms with Gasteiger partial charge in [0.2, 0.25) is 5.91 Å². The number of aromatic nitrogens is 1. The molecule has 33 heavy (non-hydrogen) atoms. The van der Waals surface area contributed by atoms with Crippen molar-refractivity contribution in [3.8, 4) is 0 Å². The highest BCUT2D eigenvalue weighted by atomic mass is 32.2. The van der Waals surface area contributed by atoms with E-state index in [9.17, 15) is 31.2 Å². The topological polar surface area (TPSA) is 99.7 Å². The zero-order valence-corrected chi connectivity index (χ0v) is 18.7. The van der Waals surface area contributed by atoms with E-state index in [0.29, 0.717) is 50.6 Å². The molecule has 1 aromatic heterocycles. The van der Waals surface area contributed by atoms with Gasteiger partial charge in [0.25, 0.3) is 9.84 Å². The Bertz CT molecular complexity index is 1070. The number of carbonyl (C=O) groups excluding carboxylic acids is 2. The molecule has 180 valence electrons. The quantitative estimate of drug-likeness (QED) is 0.706. The summed E-state index contributed by atoms with van der Waals surface area (Å²) < 4.78 is 60.8. The predicted molar refractivity (Wildman–Crippen MR) is 110 cm³/mol. The average molecular weight is 487 g/mol. The molecule has 0 aromatic carbocycles. The summed E-state index contributed by atoms with van der Waals surface area (Å²) in [6, 6.07) is 2.31. The minimum atomic E-state index is -5.38. The molecule has 3 amide bonds. The zero-order chi connectivity index (χ0) is 23.6. The van der Waals surface area contributed by atoms with E-state index in [1.54, 1.807) is 4.90 Å². The van der Waals surface area contributed by atoms with Gasteiger partial charge in [-0.2, -0.15) is 13.2 Å². The molecule has 4 heterocycles. The summed E-state index contributed by atoms with van der Waals surface area (Å²) >= 11 is 0. The third-order valence-electron chi connectivity index (χ3n) is 7.40. The van der Waals surface area contributed by atoms with Gasteiger partial charge in [-0.05, 0) is 50.2 Å². The van der Waals surface area contributed by atoms with Crippen LogP contribution in [0.4, 0.5) is 18.0 Å². The van der Waals surface area contributed by atoms with Gasteiger partial charge in [0.05, 0.1) is 10.4 Å². The highest BCUT2D eigenvalue weighted by Crippen LogP contribution is 2.53. The molecular formula is C21H25F3N4O4S. The van der Waals surface area contributed by atoms with Crippen LogP contribution in [0.5, 0.6) is 0 Å². The summed E-state index contributed by atoms with van der Waals surface area (Å²) in [6.45, 7) is 2.51. The second kappa shape index (κ2) is 7.31. The second-order valence-corrected chi connectivity index (χ2v) is 12.0. The molecule has 3 aliphatic heterocycles. The number of hydrogen-bond acceptors (Lipinski definition) is 5. The lowest BCUT2D eigenvalue weighted by Gasteiger charge is -2.61. The summed E-state index contributed by atoms with van der Waals surface area (Å²) in [6.07, 6.45) is 5.46. The van der Waals surface area contributed by atoms with Crippen molar-refractivity contribution in [3.05, 3.63) is 24.0 Å². The van der Waals surface area contributed by atoms with Crippen LogP contribution >= 0.6 is 0 Å². The molecule has 1 N–H and O–H groups in total. The van der Waals surface area contributed by atoms with Crippen molar-refractivity contribution >= 4 is 21.8 Å². The van der Waals surface area contributed by atoms with Crippen LogP contribution in [0.15, 0.2) is 23.2 Å². The number of hydrogen-bond donors (Lipinski definition) is 1. The first-order chi connectivity index (χ1) is 15.4. The van der Waals surface area contributed by atoms with Crippen LogP contribution in [-0.4, -0.2) is 72.4 Å². The van der Waals surface area contributed by atoms with E-state index in [1.165, 1.54) is 6.07 Å². The molecule has 12 heteroatoms. The molecule has 0 bridgehead atoms. The van der Waals surface area contributed by atoms with Crippen LogP contribution in [0, 0.1) is 11.3 Å². The molecule has 2 spiro atoms. The smallest absolute Gasteiger partial charge is 0.347 e. The first kappa shape index (κ1) is 22.4. The number of amides is 3. The molecule has 0 unspecified atom stereocenters. The minimum absolute atomic E-state index is 0.0117. The number of alkyl halides is 3. The Hall–Kier alpha value is -2.37. The Morgan fingerprint density at radius 1 is 1.15 bits per heavy atom. The third-order valence-corrected chi connectivity index (χ3v) is 8.87. The largest absolute Gasteiger partial charge is 0.501 e. The number of rotatable bonds is 3. The maximum Gasteiger partial charge on any atom is 0.501 e. The fourth-order valence-electron chi connectivity index (χ4n) is 5.85. The number of nitrogens with zero attached hydrogens (tertiary/aromatic N) is 3. The Kier molecular flexibility index (Phi) is 4.97. The van der Waals surface area contributed by atoms with Crippen LogP contribution in [0.2, 0.25) is 0 Å². The first-order valence-electron chi connectivity index (χ1n) is 11.0. The van der Waals surface area contributed by atoms with Gasteiger partial charge in [0.15, 0.2) is 0 Å². The standard InChI is InChI=1S/C21H25F3N4O4S/c22-21(23,24)33(31,32)16-4-3-15(25-9-16)6-14-7-19(8-14)10-27(11-19)18(30)28-12-20(13-28)5-1-2-17(29)26-20/h3-4,9,14H,1-2,5-8,10-13H2,(H,26,29). The van der Waals surface area contributed by atoms with E-state index in [-0.39, 0.29) is 22.9 Å². The van der Waals surface area contributed by atoms with Gasteiger partial charge in [-0.1, -0.05) is 0 Å². The van der Waals surface area contributed by atoms with Gasteiger partial charge < -0.3 is 15.1 Å². The number of carbonyl (C=O) groups is 2. The number of urea groups is 1. The number of halogens is 3.